The van der Waals surface area contributed by atoms with Crippen molar-refractivity contribution >= 4 is 22.5 Å². The third-order valence-corrected chi connectivity index (χ3v) is 4.61. The number of amides is 1. The molecule has 1 amide bonds. The number of benzene rings is 2. The summed E-state index contributed by atoms with van der Waals surface area (Å²) in [5.41, 5.74) is 0.625. The zero-order chi connectivity index (χ0) is 20.6. The Morgan fingerprint density at radius 3 is 2.79 bits per heavy atom. The number of aromatic nitrogens is 2. The molecular weight excluding hydrogens is 387 g/mol. The summed E-state index contributed by atoms with van der Waals surface area (Å²) in [6.07, 6.45) is -2.94. The molecule has 6 nitrogen and oxygen atoms in total. The SMILES string of the molecule is O=C(Nc1ccccc1OCC(F)(F)F)c1ccc2c(=O)n3c(nc2c1)CCC3. The van der Waals surface area contributed by atoms with Gasteiger partial charge in [-0.15, -0.1) is 0 Å². The van der Waals surface area contributed by atoms with Crippen LogP contribution in [0.2, 0.25) is 0 Å². The maximum absolute atomic E-state index is 12.6. The number of anilines is 1. The average molecular weight is 403 g/mol. The van der Waals surface area contributed by atoms with Gasteiger partial charge in [0.05, 0.1) is 16.6 Å². The van der Waals surface area contributed by atoms with Gasteiger partial charge in [-0.1, -0.05) is 12.1 Å². The first kappa shape index (κ1) is 19.0. The molecule has 0 unspecified atom stereocenters. The molecule has 0 bridgehead atoms. The summed E-state index contributed by atoms with van der Waals surface area (Å²) < 4.78 is 43.7. The lowest BCUT2D eigenvalue weighted by Gasteiger charge is -2.14. The average Bonchev–Trinajstić information content (AvgIpc) is 3.15. The van der Waals surface area contributed by atoms with Gasteiger partial charge in [0, 0.05) is 18.5 Å². The molecule has 1 aromatic heterocycles. The fourth-order valence-electron chi connectivity index (χ4n) is 3.27. The van der Waals surface area contributed by atoms with E-state index in [2.05, 4.69) is 10.3 Å². The third-order valence-electron chi connectivity index (χ3n) is 4.61. The summed E-state index contributed by atoms with van der Waals surface area (Å²) in [6.45, 7) is -0.830. The van der Waals surface area contributed by atoms with Crippen molar-refractivity contribution in [2.45, 2.75) is 25.6 Å². The minimum Gasteiger partial charge on any atom is -0.482 e. The molecule has 0 saturated carbocycles. The fraction of sp³-hybridized carbons (Fsp3) is 0.250. The van der Waals surface area contributed by atoms with E-state index < -0.39 is 18.7 Å². The van der Waals surface area contributed by atoms with Crippen LogP contribution in [-0.4, -0.2) is 28.2 Å². The predicted octanol–water partition coefficient (Wildman–Crippen LogP) is 3.54. The maximum atomic E-state index is 12.6. The van der Waals surface area contributed by atoms with Crippen LogP contribution >= 0.6 is 0 Å². The zero-order valence-corrected chi connectivity index (χ0v) is 15.1. The second kappa shape index (κ2) is 7.23. The number of halogens is 3. The van der Waals surface area contributed by atoms with Gasteiger partial charge in [-0.2, -0.15) is 13.2 Å². The number of hydrogen-bond acceptors (Lipinski definition) is 4. The summed E-state index contributed by atoms with van der Waals surface area (Å²) in [5.74, 6) is 0.0523. The van der Waals surface area contributed by atoms with Gasteiger partial charge in [0.1, 0.15) is 11.6 Å². The van der Waals surface area contributed by atoms with E-state index >= 15 is 0 Å². The number of hydrogen-bond donors (Lipinski definition) is 1. The van der Waals surface area contributed by atoms with Crippen molar-refractivity contribution in [1.82, 2.24) is 9.55 Å². The number of ether oxygens (including phenoxy) is 1. The van der Waals surface area contributed by atoms with Gasteiger partial charge in [0.25, 0.3) is 11.5 Å². The van der Waals surface area contributed by atoms with E-state index in [0.29, 0.717) is 29.7 Å². The van der Waals surface area contributed by atoms with Gasteiger partial charge in [0.2, 0.25) is 0 Å². The number of para-hydroxylation sites is 2. The van der Waals surface area contributed by atoms with E-state index in [9.17, 15) is 22.8 Å². The largest absolute Gasteiger partial charge is 0.482 e. The third kappa shape index (κ3) is 3.94. The highest BCUT2D eigenvalue weighted by Gasteiger charge is 2.29. The minimum atomic E-state index is -4.49. The van der Waals surface area contributed by atoms with E-state index in [1.54, 1.807) is 10.6 Å². The molecule has 2 aromatic carbocycles. The molecular formula is C20H16F3N3O3. The Hall–Kier alpha value is -3.36. The Balaban J connectivity index is 1.60. The first-order chi connectivity index (χ1) is 13.8. The second-order valence-corrected chi connectivity index (χ2v) is 6.67. The van der Waals surface area contributed by atoms with Gasteiger partial charge in [-0.3, -0.25) is 14.2 Å². The van der Waals surface area contributed by atoms with Gasteiger partial charge in [-0.25, -0.2) is 4.98 Å². The lowest BCUT2D eigenvalue weighted by atomic mass is 10.1. The Kier molecular flexibility index (Phi) is 4.73. The van der Waals surface area contributed by atoms with Crippen LogP contribution in [0, 0.1) is 0 Å². The summed E-state index contributed by atoms with van der Waals surface area (Å²) in [5, 5.41) is 2.97. The van der Waals surface area contributed by atoms with Crippen molar-refractivity contribution in [3.8, 4) is 5.75 Å². The standard InChI is InChI=1S/C20H16F3N3O3/c21-20(22,23)11-29-16-5-2-1-4-14(16)25-18(27)12-7-8-13-15(10-12)24-17-6-3-9-26(17)19(13)28/h1-2,4-5,7-8,10H,3,6,9,11H2,(H,25,27). The van der Waals surface area contributed by atoms with E-state index in [4.69, 9.17) is 4.74 Å². The lowest BCUT2D eigenvalue weighted by Crippen LogP contribution is -2.21. The number of fused-ring (bicyclic) bond motifs is 2. The molecule has 0 fully saturated rings. The summed E-state index contributed by atoms with van der Waals surface area (Å²) >= 11 is 0. The second-order valence-electron chi connectivity index (χ2n) is 6.67. The summed E-state index contributed by atoms with van der Waals surface area (Å²) in [4.78, 5) is 29.6. The van der Waals surface area contributed by atoms with Gasteiger partial charge in [0.15, 0.2) is 6.61 Å². The Morgan fingerprint density at radius 1 is 1.21 bits per heavy atom. The van der Waals surface area contributed by atoms with Crippen LogP contribution in [0.25, 0.3) is 10.9 Å². The van der Waals surface area contributed by atoms with Crippen molar-refractivity contribution in [2.75, 3.05) is 11.9 Å². The molecule has 1 aliphatic heterocycles. The Labute approximate surface area is 162 Å². The summed E-state index contributed by atoms with van der Waals surface area (Å²) in [6, 6.07) is 10.4. The first-order valence-corrected chi connectivity index (χ1v) is 8.95. The molecule has 9 heteroatoms. The molecule has 3 aromatic rings. The van der Waals surface area contributed by atoms with Crippen molar-refractivity contribution in [3.63, 3.8) is 0 Å². The topological polar surface area (TPSA) is 73.2 Å². The van der Waals surface area contributed by atoms with E-state index in [-0.39, 0.29) is 22.6 Å². The minimum absolute atomic E-state index is 0.0897. The number of alkyl halides is 3. The highest BCUT2D eigenvalue weighted by atomic mass is 19.4. The van der Waals surface area contributed by atoms with Crippen LogP contribution in [0.1, 0.15) is 22.6 Å². The van der Waals surface area contributed by atoms with E-state index in [1.165, 1.54) is 36.4 Å². The molecule has 0 atom stereocenters. The van der Waals surface area contributed by atoms with Crippen LogP contribution < -0.4 is 15.6 Å². The predicted molar refractivity (Wildman–Crippen MR) is 100 cm³/mol. The van der Waals surface area contributed by atoms with Crippen LogP contribution in [0.3, 0.4) is 0 Å². The van der Waals surface area contributed by atoms with Crippen LogP contribution in [0.15, 0.2) is 47.3 Å². The molecule has 1 aliphatic rings. The Bertz CT molecular complexity index is 1160. The molecule has 4 rings (SSSR count). The monoisotopic (exact) mass is 403 g/mol. The molecule has 150 valence electrons. The molecule has 0 radical (unpaired) electrons. The van der Waals surface area contributed by atoms with Crippen LogP contribution in [0.4, 0.5) is 18.9 Å². The highest BCUT2D eigenvalue weighted by molar-refractivity contribution is 6.06. The normalized spacial score (nSPS) is 13.3. The van der Waals surface area contributed by atoms with Crippen molar-refractivity contribution in [1.29, 1.82) is 0 Å². The maximum Gasteiger partial charge on any atom is 0.422 e. The molecule has 0 aliphatic carbocycles. The zero-order valence-electron chi connectivity index (χ0n) is 15.1. The number of rotatable bonds is 4. The van der Waals surface area contributed by atoms with Crippen molar-refractivity contribution in [2.24, 2.45) is 0 Å². The van der Waals surface area contributed by atoms with Gasteiger partial charge in [-0.05, 0) is 36.8 Å². The van der Waals surface area contributed by atoms with Crippen molar-refractivity contribution in [3.05, 3.63) is 64.2 Å². The molecule has 29 heavy (non-hydrogen) atoms. The summed E-state index contributed by atoms with van der Waals surface area (Å²) in [7, 11) is 0. The Morgan fingerprint density at radius 2 is 2.00 bits per heavy atom. The van der Waals surface area contributed by atoms with Crippen LogP contribution in [-0.2, 0) is 13.0 Å². The van der Waals surface area contributed by atoms with Gasteiger partial charge >= 0.3 is 6.18 Å². The molecule has 0 spiro atoms. The highest BCUT2D eigenvalue weighted by Crippen LogP contribution is 2.27. The molecule has 2 heterocycles. The number of carbonyl (C=O) groups is 1. The lowest BCUT2D eigenvalue weighted by molar-refractivity contribution is -0.153. The van der Waals surface area contributed by atoms with E-state index in [1.807, 2.05) is 0 Å². The number of nitrogens with one attached hydrogen (secondary N) is 1. The van der Waals surface area contributed by atoms with Crippen LogP contribution in [0.5, 0.6) is 5.75 Å². The number of nitrogens with zero attached hydrogens (tertiary/aromatic N) is 2. The van der Waals surface area contributed by atoms with E-state index in [0.717, 1.165) is 6.42 Å². The number of carbonyl (C=O) groups excluding carboxylic acids is 1. The molecule has 0 saturated heterocycles. The van der Waals surface area contributed by atoms with Crippen molar-refractivity contribution < 1.29 is 22.7 Å². The smallest absolute Gasteiger partial charge is 0.422 e. The molecule has 1 N–H and O–H groups in total. The fourth-order valence-corrected chi connectivity index (χ4v) is 3.27. The number of aryl methyl sites for hydroxylation is 1. The van der Waals surface area contributed by atoms with Gasteiger partial charge < -0.3 is 10.1 Å². The quantitative estimate of drug-likeness (QED) is 0.723. The first-order valence-electron chi connectivity index (χ1n) is 8.95.